The normalized spacial score (nSPS) is 12.3. The van der Waals surface area contributed by atoms with E-state index in [0.29, 0.717) is 29.1 Å². The number of amides is 1. The maximum Gasteiger partial charge on any atom is 0.259 e. The topological polar surface area (TPSA) is 92.7 Å². The first-order valence-corrected chi connectivity index (χ1v) is 9.25. The van der Waals surface area contributed by atoms with Crippen molar-refractivity contribution in [3.05, 3.63) is 52.3 Å². The lowest BCUT2D eigenvalue weighted by atomic mass is 10.2. The minimum absolute atomic E-state index is 0.0969. The zero-order chi connectivity index (χ0) is 18.7. The van der Waals surface area contributed by atoms with Crippen molar-refractivity contribution in [2.24, 2.45) is 0 Å². The lowest BCUT2D eigenvalue weighted by molar-refractivity contribution is -0.120. The monoisotopic (exact) mass is 371 g/mol. The number of aryl methyl sites for hydroxylation is 1. The molecular weight excluding hydrogens is 350 g/mol. The highest BCUT2D eigenvalue weighted by molar-refractivity contribution is 8.00. The minimum Gasteiger partial charge on any atom is -0.353 e. The van der Waals surface area contributed by atoms with Crippen LogP contribution in [0.1, 0.15) is 18.3 Å². The van der Waals surface area contributed by atoms with Crippen LogP contribution in [0.3, 0.4) is 0 Å². The Morgan fingerprint density at radius 2 is 2.12 bits per heavy atom. The Morgan fingerprint density at radius 1 is 1.35 bits per heavy atom. The highest BCUT2D eigenvalue weighted by Gasteiger charge is 2.16. The maximum atomic E-state index is 12.3. The van der Waals surface area contributed by atoms with E-state index in [1.165, 1.54) is 11.8 Å². The molecule has 3 rings (SSSR count). The van der Waals surface area contributed by atoms with Crippen LogP contribution in [0.5, 0.6) is 0 Å². The van der Waals surface area contributed by atoms with Crippen molar-refractivity contribution in [1.29, 1.82) is 0 Å². The van der Waals surface area contributed by atoms with Gasteiger partial charge in [0, 0.05) is 18.8 Å². The number of aromatic nitrogens is 4. The Bertz CT molecular complexity index is 995. The first-order chi connectivity index (χ1) is 12.5. The molecule has 2 N–H and O–H groups in total. The third kappa shape index (κ3) is 3.96. The number of para-hydroxylation sites is 1. The number of H-pyrrole nitrogens is 1. The molecule has 0 radical (unpaired) electrons. The van der Waals surface area contributed by atoms with Crippen LogP contribution >= 0.6 is 11.8 Å². The van der Waals surface area contributed by atoms with Gasteiger partial charge in [0.1, 0.15) is 0 Å². The molecule has 1 atom stereocenters. The Kier molecular flexibility index (Phi) is 5.41. The number of thioether (sulfide) groups is 1. The summed E-state index contributed by atoms with van der Waals surface area (Å²) in [4.78, 5) is 35.8. The fourth-order valence-corrected chi connectivity index (χ4v) is 3.38. The summed E-state index contributed by atoms with van der Waals surface area (Å²) in [6.45, 7) is 6.94. The molecule has 2 aromatic heterocycles. The number of hydrogen-bond donors (Lipinski definition) is 2. The van der Waals surface area contributed by atoms with Gasteiger partial charge in [0.2, 0.25) is 5.91 Å². The van der Waals surface area contributed by atoms with E-state index in [4.69, 9.17) is 0 Å². The SMILES string of the molecule is Cc1ncn(CCNC(=O)[C@H](C)Sc2nc3ccccc3c(=O)[nH]2)c1C. The largest absolute Gasteiger partial charge is 0.353 e. The third-order valence-electron chi connectivity index (χ3n) is 4.25. The standard InChI is InChI=1S/C18H21N5O2S/c1-11-12(2)23(10-20-11)9-8-19-16(24)13(3)26-18-21-15-7-5-4-6-14(15)17(25)22-18/h4-7,10,13H,8-9H2,1-3H3,(H,19,24)(H,21,22,25)/t13-/m0/s1. The molecule has 0 bridgehead atoms. The summed E-state index contributed by atoms with van der Waals surface area (Å²) in [5.74, 6) is -0.0969. The molecule has 0 fully saturated rings. The van der Waals surface area contributed by atoms with Crippen LogP contribution in [0.15, 0.2) is 40.5 Å². The number of rotatable bonds is 6. The lowest BCUT2D eigenvalue weighted by Crippen LogP contribution is -2.33. The second-order valence-electron chi connectivity index (χ2n) is 6.05. The number of nitrogens with zero attached hydrogens (tertiary/aromatic N) is 3. The molecule has 2 heterocycles. The van der Waals surface area contributed by atoms with Gasteiger partial charge in [0.25, 0.3) is 5.56 Å². The summed E-state index contributed by atoms with van der Waals surface area (Å²) in [5, 5.41) is 3.52. The number of carbonyl (C=O) groups excluding carboxylic acids is 1. The number of nitrogens with one attached hydrogen (secondary N) is 2. The number of fused-ring (bicyclic) bond motifs is 1. The van der Waals surface area contributed by atoms with Gasteiger partial charge in [0.15, 0.2) is 5.16 Å². The highest BCUT2D eigenvalue weighted by atomic mass is 32.2. The predicted octanol–water partition coefficient (Wildman–Crippen LogP) is 2.03. The lowest BCUT2D eigenvalue weighted by Gasteiger charge is -2.12. The van der Waals surface area contributed by atoms with Crippen molar-refractivity contribution in [1.82, 2.24) is 24.8 Å². The first kappa shape index (κ1) is 18.2. The van der Waals surface area contributed by atoms with Gasteiger partial charge in [-0.05, 0) is 32.9 Å². The van der Waals surface area contributed by atoms with Gasteiger partial charge in [-0.2, -0.15) is 0 Å². The zero-order valence-corrected chi connectivity index (χ0v) is 15.8. The molecule has 0 unspecified atom stereocenters. The molecule has 3 aromatic rings. The number of hydrogen-bond acceptors (Lipinski definition) is 5. The fraction of sp³-hybridized carbons (Fsp3) is 0.333. The Balaban J connectivity index is 1.59. The molecule has 26 heavy (non-hydrogen) atoms. The summed E-state index contributed by atoms with van der Waals surface area (Å²) >= 11 is 1.24. The van der Waals surface area contributed by atoms with E-state index in [0.717, 1.165) is 11.4 Å². The van der Waals surface area contributed by atoms with Gasteiger partial charge in [-0.1, -0.05) is 23.9 Å². The number of imidazole rings is 1. The molecule has 0 aliphatic carbocycles. The summed E-state index contributed by atoms with van der Waals surface area (Å²) in [6, 6.07) is 7.14. The Morgan fingerprint density at radius 3 is 2.85 bits per heavy atom. The molecule has 0 aliphatic heterocycles. The van der Waals surface area contributed by atoms with E-state index in [9.17, 15) is 9.59 Å². The molecule has 0 spiro atoms. The van der Waals surface area contributed by atoms with Crippen LogP contribution in [-0.2, 0) is 11.3 Å². The highest BCUT2D eigenvalue weighted by Crippen LogP contribution is 2.20. The van der Waals surface area contributed by atoms with Crippen molar-refractivity contribution >= 4 is 28.6 Å². The molecule has 0 saturated carbocycles. The summed E-state index contributed by atoms with van der Waals surface area (Å²) in [6.07, 6.45) is 1.78. The second kappa shape index (κ2) is 7.74. The number of aromatic amines is 1. The minimum atomic E-state index is -0.370. The molecule has 0 aliphatic rings. The van der Waals surface area contributed by atoms with Crippen LogP contribution in [0, 0.1) is 13.8 Å². The molecule has 0 saturated heterocycles. The van der Waals surface area contributed by atoms with E-state index in [1.54, 1.807) is 31.5 Å². The molecule has 1 aromatic carbocycles. The summed E-state index contributed by atoms with van der Waals surface area (Å²) in [5.41, 5.74) is 2.51. The second-order valence-corrected chi connectivity index (χ2v) is 7.38. The van der Waals surface area contributed by atoms with E-state index >= 15 is 0 Å². The van der Waals surface area contributed by atoms with Crippen molar-refractivity contribution in [3.8, 4) is 0 Å². The molecular formula is C18H21N5O2S. The van der Waals surface area contributed by atoms with Gasteiger partial charge >= 0.3 is 0 Å². The van der Waals surface area contributed by atoms with Crippen LogP contribution in [-0.4, -0.2) is 37.2 Å². The van der Waals surface area contributed by atoms with E-state index in [-0.39, 0.29) is 16.7 Å². The van der Waals surface area contributed by atoms with Crippen molar-refractivity contribution < 1.29 is 4.79 Å². The van der Waals surface area contributed by atoms with Gasteiger partial charge in [-0.25, -0.2) is 9.97 Å². The summed E-state index contributed by atoms with van der Waals surface area (Å²) in [7, 11) is 0. The van der Waals surface area contributed by atoms with Crippen molar-refractivity contribution in [3.63, 3.8) is 0 Å². The average molecular weight is 371 g/mol. The average Bonchev–Trinajstić information content (AvgIpc) is 2.94. The Labute approximate surface area is 155 Å². The van der Waals surface area contributed by atoms with Gasteiger partial charge < -0.3 is 14.9 Å². The van der Waals surface area contributed by atoms with Gasteiger partial charge in [-0.3, -0.25) is 9.59 Å². The molecule has 1 amide bonds. The number of carbonyl (C=O) groups is 1. The quantitative estimate of drug-likeness (QED) is 0.511. The van der Waals surface area contributed by atoms with Gasteiger partial charge in [-0.15, -0.1) is 0 Å². The molecule has 7 nitrogen and oxygen atoms in total. The number of benzene rings is 1. The van der Waals surface area contributed by atoms with Crippen molar-refractivity contribution in [2.75, 3.05) is 6.54 Å². The van der Waals surface area contributed by atoms with Crippen molar-refractivity contribution in [2.45, 2.75) is 37.7 Å². The smallest absolute Gasteiger partial charge is 0.259 e. The van der Waals surface area contributed by atoms with Gasteiger partial charge in [0.05, 0.1) is 28.2 Å². The summed E-state index contributed by atoms with van der Waals surface area (Å²) < 4.78 is 2.01. The van der Waals surface area contributed by atoms with E-state index in [1.807, 2.05) is 24.5 Å². The van der Waals surface area contributed by atoms with Crippen LogP contribution in [0.2, 0.25) is 0 Å². The predicted molar refractivity (Wildman–Crippen MR) is 102 cm³/mol. The zero-order valence-electron chi connectivity index (χ0n) is 14.9. The molecule has 8 heteroatoms. The molecule has 136 valence electrons. The van der Waals surface area contributed by atoms with E-state index in [2.05, 4.69) is 20.3 Å². The third-order valence-corrected chi connectivity index (χ3v) is 5.23. The van der Waals surface area contributed by atoms with Crippen LogP contribution in [0.25, 0.3) is 10.9 Å². The van der Waals surface area contributed by atoms with Crippen LogP contribution < -0.4 is 10.9 Å². The van der Waals surface area contributed by atoms with E-state index < -0.39 is 0 Å². The first-order valence-electron chi connectivity index (χ1n) is 8.37. The van der Waals surface area contributed by atoms with Crippen LogP contribution in [0.4, 0.5) is 0 Å². The fourth-order valence-electron chi connectivity index (χ4n) is 2.55. The Hall–Kier alpha value is -2.61. The maximum absolute atomic E-state index is 12.3.